The predicted octanol–water partition coefficient (Wildman–Crippen LogP) is 4.87. The number of amides is 1. The van der Waals surface area contributed by atoms with Gasteiger partial charge in [0.1, 0.15) is 0 Å². The molecule has 0 saturated carbocycles. The minimum atomic E-state index is -0.401. The Hall–Kier alpha value is -4.91. The first-order valence-electron chi connectivity index (χ1n) is 11.5. The maximum atomic E-state index is 13.3. The molecule has 0 aliphatic heterocycles. The number of rotatable bonds is 5. The summed E-state index contributed by atoms with van der Waals surface area (Å²) in [5.41, 5.74) is 6.17. The van der Waals surface area contributed by atoms with Crippen LogP contribution >= 0.6 is 0 Å². The lowest BCUT2D eigenvalue weighted by Crippen LogP contribution is -2.22. The molecule has 5 aromatic rings. The van der Waals surface area contributed by atoms with E-state index in [0.717, 1.165) is 11.1 Å². The molecule has 0 spiro atoms. The highest BCUT2D eigenvalue weighted by molar-refractivity contribution is 6.03. The summed E-state index contributed by atoms with van der Waals surface area (Å²) in [6, 6.07) is 23.6. The summed E-state index contributed by atoms with van der Waals surface area (Å²) in [4.78, 5) is 26.3. The van der Waals surface area contributed by atoms with Gasteiger partial charge in [-0.05, 0) is 55.8 Å². The third-order valence-electron chi connectivity index (χ3n) is 6.09. The van der Waals surface area contributed by atoms with E-state index in [1.54, 1.807) is 42.5 Å². The number of hydrogen-bond acceptors (Lipinski definition) is 4. The molecule has 0 aliphatic rings. The van der Waals surface area contributed by atoms with Crippen molar-refractivity contribution in [1.82, 2.24) is 14.6 Å². The van der Waals surface area contributed by atoms with E-state index in [2.05, 4.69) is 10.5 Å². The van der Waals surface area contributed by atoms with Gasteiger partial charge in [0.2, 0.25) is 5.88 Å². The molecule has 7 nitrogen and oxygen atoms in total. The van der Waals surface area contributed by atoms with Crippen molar-refractivity contribution in [3.05, 3.63) is 124 Å². The van der Waals surface area contributed by atoms with E-state index in [1.807, 2.05) is 67.2 Å². The number of carbonyl (C=O) groups excluding carboxylic acids is 1. The lowest BCUT2D eigenvalue weighted by atomic mass is 10.1. The monoisotopic (exact) mass is 476 g/mol. The number of pyridine rings is 1. The van der Waals surface area contributed by atoms with E-state index in [4.69, 9.17) is 0 Å². The van der Waals surface area contributed by atoms with Gasteiger partial charge in [-0.25, -0.2) is 9.99 Å². The number of hydrogen-bond donors (Lipinski definition) is 2. The number of aromatic hydroxyl groups is 1. The zero-order valence-electron chi connectivity index (χ0n) is 19.8. The number of nitrogens with zero attached hydrogens (tertiary/aromatic N) is 3. The molecule has 2 heterocycles. The van der Waals surface area contributed by atoms with E-state index in [0.29, 0.717) is 33.3 Å². The molecule has 2 N–H and O–H groups in total. The molecule has 0 fully saturated rings. The summed E-state index contributed by atoms with van der Waals surface area (Å²) >= 11 is 0. The SMILES string of the molecule is Cc1ccc(-n2c(O)c(/C=N\NC(=O)c3ccccc3-n3cccc3)c3ccccc3c2=O)c(C)c1. The van der Waals surface area contributed by atoms with Gasteiger partial charge in [-0.1, -0.05) is 48.0 Å². The van der Waals surface area contributed by atoms with Crippen LogP contribution in [0.15, 0.2) is 101 Å². The third-order valence-corrected chi connectivity index (χ3v) is 6.09. The minimum Gasteiger partial charge on any atom is -0.494 e. The highest BCUT2D eigenvalue weighted by Crippen LogP contribution is 2.27. The van der Waals surface area contributed by atoms with Crippen LogP contribution in [0.3, 0.4) is 0 Å². The van der Waals surface area contributed by atoms with Gasteiger partial charge in [0.15, 0.2) is 0 Å². The van der Waals surface area contributed by atoms with Crippen molar-refractivity contribution in [3.63, 3.8) is 0 Å². The van der Waals surface area contributed by atoms with Crippen LogP contribution in [0.2, 0.25) is 0 Å². The fraction of sp³-hybridized carbons (Fsp3) is 0.0690. The minimum absolute atomic E-state index is 0.253. The first kappa shape index (κ1) is 22.9. The van der Waals surface area contributed by atoms with Crippen LogP contribution in [0.25, 0.3) is 22.1 Å². The van der Waals surface area contributed by atoms with Crippen molar-refractivity contribution in [2.45, 2.75) is 13.8 Å². The van der Waals surface area contributed by atoms with Gasteiger partial charge in [0.25, 0.3) is 11.5 Å². The number of nitrogens with one attached hydrogen (secondary N) is 1. The average Bonchev–Trinajstić information content (AvgIpc) is 3.42. The zero-order chi connectivity index (χ0) is 25.2. The van der Waals surface area contributed by atoms with Gasteiger partial charge < -0.3 is 9.67 Å². The fourth-order valence-electron chi connectivity index (χ4n) is 4.37. The van der Waals surface area contributed by atoms with Crippen molar-refractivity contribution in [2.24, 2.45) is 5.10 Å². The number of para-hydroxylation sites is 1. The molecular formula is C29H24N4O3. The normalized spacial score (nSPS) is 11.3. The maximum Gasteiger partial charge on any atom is 0.273 e. The first-order chi connectivity index (χ1) is 17.5. The van der Waals surface area contributed by atoms with Crippen LogP contribution < -0.4 is 11.0 Å². The van der Waals surface area contributed by atoms with Crippen molar-refractivity contribution >= 4 is 22.9 Å². The van der Waals surface area contributed by atoms with Crippen LogP contribution in [-0.4, -0.2) is 26.4 Å². The summed E-state index contributed by atoms with van der Waals surface area (Å²) in [7, 11) is 0. The molecular weight excluding hydrogens is 452 g/mol. The van der Waals surface area contributed by atoms with Crippen molar-refractivity contribution < 1.29 is 9.90 Å². The van der Waals surface area contributed by atoms with Gasteiger partial charge in [-0.15, -0.1) is 0 Å². The lowest BCUT2D eigenvalue weighted by Gasteiger charge is -2.16. The van der Waals surface area contributed by atoms with Gasteiger partial charge in [-0.3, -0.25) is 9.59 Å². The molecule has 7 heteroatoms. The van der Waals surface area contributed by atoms with Crippen molar-refractivity contribution in [2.75, 3.05) is 0 Å². The second kappa shape index (κ2) is 9.38. The maximum absolute atomic E-state index is 13.3. The zero-order valence-corrected chi connectivity index (χ0v) is 19.8. The number of aromatic nitrogens is 2. The summed E-state index contributed by atoms with van der Waals surface area (Å²) in [6.07, 6.45) is 5.08. The fourth-order valence-corrected chi connectivity index (χ4v) is 4.37. The van der Waals surface area contributed by atoms with E-state index >= 15 is 0 Å². The Morgan fingerprint density at radius 1 is 0.889 bits per heavy atom. The Morgan fingerprint density at radius 2 is 1.58 bits per heavy atom. The molecule has 3 aromatic carbocycles. The summed E-state index contributed by atoms with van der Waals surface area (Å²) in [6.45, 7) is 3.86. The van der Waals surface area contributed by atoms with Crippen LogP contribution in [-0.2, 0) is 0 Å². The van der Waals surface area contributed by atoms with E-state index in [9.17, 15) is 14.7 Å². The summed E-state index contributed by atoms with van der Waals surface area (Å²) < 4.78 is 3.12. The second-order valence-corrected chi connectivity index (χ2v) is 8.52. The van der Waals surface area contributed by atoms with Gasteiger partial charge >= 0.3 is 0 Å². The molecule has 0 atom stereocenters. The van der Waals surface area contributed by atoms with Crippen LogP contribution in [0.4, 0.5) is 0 Å². The lowest BCUT2D eigenvalue weighted by molar-refractivity contribution is 0.0955. The van der Waals surface area contributed by atoms with E-state index in [1.165, 1.54) is 10.8 Å². The predicted molar refractivity (Wildman–Crippen MR) is 142 cm³/mol. The van der Waals surface area contributed by atoms with Gasteiger partial charge in [-0.2, -0.15) is 5.10 Å². The van der Waals surface area contributed by atoms with Gasteiger partial charge in [0, 0.05) is 23.2 Å². The van der Waals surface area contributed by atoms with Crippen molar-refractivity contribution in [1.29, 1.82) is 0 Å². The molecule has 0 saturated heterocycles. The molecule has 0 radical (unpaired) electrons. The molecule has 178 valence electrons. The summed E-state index contributed by atoms with van der Waals surface area (Å²) in [5.74, 6) is -0.654. The van der Waals surface area contributed by atoms with E-state index < -0.39 is 5.91 Å². The molecule has 0 aliphatic carbocycles. The Kier molecular flexibility index (Phi) is 5.96. The Balaban J connectivity index is 1.56. The second-order valence-electron chi connectivity index (χ2n) is 8.52. The first-order valence-corrected chi connectivity index (χ1v) is 11.5. The topological polar surface area (TPSA) is 88.6 Å². The van der Waals surface area contributed by atoms with Crippen molar-refractivity contribution in [3.8, 4) is 17.3 Å². The third kappa shape index (κ3) is 4.07. The van der Waals surface area contributed by atoms with Gasteiger partial charge in [0.05, 0.1) is 28.7 Å². The quantitative estimate of drug-likeness (QED) is 0.280. The number of carbonyl (C=O) groups is 1. The highest BCUT2D eigenvalue weighted by atomic mass is 16.3. The summed E-state index contributed by atoms with van der Waals surface area (Å²) in [5, 5.41) is 16.3. The average molecular weight is 477 g/mol. The Morgan fingerprint density at radius 3 is 2.33 bits per heavy atom. The molecule has 2 aromatic heterocycles. The van der Waals surface area contributed by atoms with Crippen LogP contribution in [0.5, 0.6) is 5.88 Å². The Bertz CT molecular complexity index is 1680. The van der Waals surface area contributed by atoms with Crippen LogP contribution in [0.1, 0.15) is 27.0 Å². The molecule has 1 amide bonds. The standard InChI is InChI=1S/C29H24N4O3/c1-19-13-14-25(20(2)17-19)33-28(35)22-10-4-3-9-21(22)24(29(33)36)18-30-31-27(34)23-11-5-6-12-26(23)32-15-7-8-16-32/h3-18,36H,1-2H3,(H,31,34)/b30-18-. The largest absolute Gasteiger partial charge is 0.494 e. The number of hydrazone groups is 1. The van der Waals surface area contributed by atoms with E-state index in [-0.39, 0.29) is 11.4 Å². The smallest absolute Gasteiger partial charge is 0.273 e. The molecule has 0 unspecified atom stereocenters. The van der Waals surface area contributed by atoms with Crippen LogP contribution in [0, 0.1) is 13.8 Å². The molecule has 5 rings (SSSR count). The highest BCUT2D eigenvalue weighted by Gasteiger charge is 2.18. The number of fused-ring (bicyclic) bond motifs is 1. The Labute approximate surface area is 207 Å². The molecule has 36 heavy (non-hydrogen) atoms. The molecule has 0 bridgehead atoms. The number of aryl methyl sites for hydroxylation is 2. The number of benzene rings is 3.